The molecule has 60 valence electrons. The summed E-state index contributed by atoms with van der Waals surface area (Å²) in [5.41, 5.74) is 5.78. The molecule has 0 saturated carbocycles. The third kappa shape index (κ3) is 1.94. The molecule has 0 amide bonds. The first-order valence-electron chi connectivity index (χ1n) is 3.92. The largest absolute Gasteiger partial charge is 0.377 e. The third-order valence-electron chi connectivity index (χ3n) is 1.84. The minimum atomic E-state index is 0.189. The molecule has 0 radical (unpaired) electrons. The molecular weight excluding hydrogens is 128 g/mol. The van der Waals surface area contributed by atoms with Crippen molar-refractivity contribution < 1.29 is 4.74 Å². The van der Waals surface area contributed by atoms with E-state index in [-0.39, 0.29) is 12.1 Å². The van der Waals surface area contributed by atoms with E-state index in [2.05, 4.69) is 5.32 Å². The lowest BCUT2D eigenvalue weighted by Gasteiger charge is -2.28. The van der Waals surface area contributed by atoms with E-state index < -0.39 is 0 Å². The van der Waals surface area contributed by atoms with Crippen molar-refractivity contribution in [2.24, 2.45) is 5.73 Å². The second-order valence-electron chi connectivity index (χ2n) is 2.65. The van der Waals surface area contributed by atoms with E-state index in [0.29, 0.717) is 0 Å². The predicted molar refractivity (Wildman–Crippen MR) is 40.9 cm³/mol. The Kier molecular flexibility index (Phi) is 3.12. The van der Waals surface area contributed by atoms with Gasteiger partial charge < -0.3 is 15.8 Å². The van der Waals surface area contributed by atoms with Crippen LogP contribution in [-0.2, 0) is 4.74 Å². The Morgan fingerprint density at radius 1 is 1.70 bits per heavy atom. The maximum Gasteiger partial charge on any atom is 0.0750 e. The lowest BCUT2D eigenvalue weighted by atomic mass is 10.1. The fraction of sp³-hybridized carbons (Fsp3) is 1.00. The molecule has 3 nitrogen and oxygen atoms in total. The van der Waals surface area contributed by atoms with Crippen LogP contribution < -0.4 is 11.1 Å². The summed E-state index contributed by atoms with van der Waals surface area (Å²) in [5, 5.41) is 3.22. The van der Waals surface area contributed by atoms with Crippen molar-refractivity contribution in [1.82, 2.24) is 5.32 Å². The monoisotopic (exact) mass is 144 g/mol. The van der Waals surface area contributed by atoms with Gasteiger partial charge in [-0.3, -0.25) is 0 Å². The summed E-state index contributed by atoms with van der Waals surface area (Å²) in [6.45, 7) is 4.72. The highest BCUT2D eigenvalue weighted by Crippen LogP contribution is 2.05. The lowest BCUT2D eigenvalue weighted by Crippen LogP contribution is -2.50. The summed E-state index contributed by atoms with van der Waals surface area (Å²) in [5.74, 6) is 0. The average molecular weight is 144 g/mol. The van der Waals surface area contributed by atoms with Gasteiger partial charge in [0.25, 0.3) is 0 Å². The number of nitrogens with two attached hydrogens (primary N) is 1. The van der Waals surface area contributed by atoms with Gasteiger partial charge in [-0.2, -0.15) is 0 Å². The Balaban J connectivity index is 2.25. The molecule has 3 N–H and O–H groups in total. The van der Waals surface area contributed by atoms with Crippen LogP contribution in [0.3, 0.4) is 0 Å². The van der Waals surface area contributed by atoms with E-state index in [1.165, 1.54) is 0 Å². The highest BCUT2D eigenvalue weighted by atomic mass is 16.5. The Morgan fingerprint density at radius 2 is 2.50 bits per heavy atom. The Bertz CT molecular complexity index is 95.6. The van der Waals surface area contributed by atoms with Gasteiger partial charge in [0.05, 0.1) is 6.10 Å². The van der Waals surface area contributed by atoms with E-state index in [1.54, 1.807) is 0 Å². The van der Waals surface area contributed by atoms with Gasteiger partial charge in [0.15, 0.2) is 0 Å². The van der Waals surface area contributed by atoms with Gasteiger partial charge in [-0.1, -0.05) is 0 Å². The molecule has 0 aliphatic carbocycles. The van der Waals surface area contributed by atoms with Crippen LogP contribution in [0.15, 0.2) is 0 Å². The molecule has 0 aromatic carbocycles. The Labute approximate surface area is 61.9 Å². The second-order valence-corrected chi connectivity index (χ2v) is 2.65. The molecule has 1 heterocycles. The molecule has 1 rings (SSSR count). The summed E-state index contributed by atoms with van der Waals surface area (Å²) in [6.07, 6.45) is 1.33. The molecule has 1 aliphatic rings. The molecule has 0 aromatic rings. The lowest BCUT2D eigenvalue weighted by molar-refractivity contribution is 0.0281. The zero-order valence-corrected chi connectivity index (χ0v) is 6.47. The minimum Gasteiger partial charge on any atom is -0.377 e. The summed E-state index contributed by atoms with van der Waals surface area (Å²) < 4.78 is 5.43. The van der Waals surface area contributed by atoms with E-state index in [1.807, 2.05) is 6.92 Å². The number of piperidine rings is 1. The molecule has 10 heavy (non-hydrogen) atoms. The highest BCUT2D eigenvalue weighted by Gasteiger charge is 2.20. The van der Waals surface area contributed by atoms with Crippen LogP contribution in [0, 0.1) is 0 Å². The summed E-state index contributed by atoms with van der Waals surface area (Å²) in [6, 6.07) is 0.189. The van der Waals surface area contributed by atoms with Gasteiger partial charge in [0, 0.05) is 19.2 Å². The van der Waals surface area contributed by atoms with Crippen LogP contribution >= 0.6 is 0 Å². The number of hydrogen-bond donors (Lipinski definition) is 2. The first-order chi connectivity index (χ1) is 4.84. The quantitative estimate of drug-likeness (QED) is 0.560. The topological polar surface area (TPSA) is 47.3 Å². The fourth-order valence-electron chi connectivity index (χ4n) is 1.28. The second kappa shape index (κ2) is 3.91. The van der Waals surface area contributed by atoms with Gasteiger partial charge in [-0.25, -0.2) is 0 Å². The molecule has 1 aliphatic heterocycles. The summed E-state index contributed by atoms with van der Waals surface area (Å²) >= 11 is 0. The zero-order valence-electron chi connectivity index (χ0n) is 6.47. The van der Waals surface area contributed by atoms with Gasteiger partial charge in [-0.05, 0) is 19.9 Å². The number of hydrogen-bond acceptors (Lipinski definition) is 3. The molecule has 2 atom stereocenters. The van der Waals surface area contributed by atoms with Crippen LogP contribution in [0.4, 0.5) is 0 Å². The van der Waals surface area contributed by atoms with Crippen LogP contribution in [-0.4, -0.2) is 31.8 Å². The molecular formula is C7H16N2O. The van der Waals surface area contributed by atoms with Gasteiger partial charge in [-0.15, -0.1) is 0 Å². The fourth-order valence-corrected chi connectivity index (χ4v) is 1.28. The van der Waals surface area contributed by atoms with Crippen LogP contribution in [0.25, 0.3) is 0 Å². The van der Waals surface area contributed by atoms with Crippen molar-refractivity contribution in [3.05, 3.63) is 0 Å². The molecule has 0 aromatic heterocycles. The molecule has 1 fully saturated rings. The van der Waals surface area contributed by atoms with E-state index in [0.717, 1.165) is 26.1 Å². The molecule has 3 heteroatoms. The van der Waals surface area contributed by atoms with Crippen molar-refractivity contribution in [3.8, 4) is 0 Å². The summed E-state index contributed by atoms with van der Waals surface area (Å²) in [4.78, 5) is 0. The normalized spacial score (nSPS) is 34.2. The minimum absolute atomic E-state index is 0.189. The van der Waals surface area contributed by atoms with Crippen LogP contribution in [0.2, 0.25) is 0 Å². The SMILES string of the molecule is CCOC1CCNCC1N. The molecule has 2 unspecified atom stereocenters. The van der Waals surface area contributed by atoms with Gasteiger partial charge >= 0.3 is 0 Å². The maximum atomic E-state index is 5.78. The first-order valence-corrected chi connectivity index (χ1v) is 3.92. The van der Waals surface area contributed by atoms with Gasteiger partial charge in [0.1, 0.15) is 0 Å². The molecule has 0 spiro atoms. The van der Waals surface area contributed by atoms with Crippen molar-refractivity contribution >= 4 is 0 Å². The molecule has 0 bridgehead atoms. The Hall–Kier alpha value is -0.120. The molecule has 1 saturated heterocycles. The smallest absolute Gasteiger partial charge is 0.0750 e. The number of ether oxygens (including phenoxy) is 1. The highest BCUT2D eigenvalue weighted by molar-refractivity contribution is 4.81. The van der Waals surface area contributed by atoms with Crippen molar-refractivity contribution in [3.63, 3.8) is 0 Å². The number of nitrogens with one attached hydrogen (secondary N) is 1. The average Bonchev–Trinajstić information content (AvgIpc) is 1.94. The summed E-state index contributed by atoms with van der Waals surface area (Å²) in [7, 11) is 0. The van der Waals surface area contributed by atoms with Crippen LogP contribution in [0.5, 0.6) is 0 Å². The van der Waals surface area contributed by atoms with Crippen molar-refractivity contribution in [2.75, 3.05) is 19.7 Å². The first kappa shape index (κ1) is 7.98. The van der Waals surface area contributed by atoms with Crippen molar-refractivity contribution in [1.29, 1.82) is 0 Å². The number of rotatable bonds is 2. The van der Waals surface area contributed by atoms with Crippen LogP contribution in [0.1, 0.15) is 13.3 Å². The van der Waals surface area contributed by atoms with Crippen molar-refractivity contribution in [2.45, 2.75) is 25.5 Å². The van der Waals surface area contributed by atoms with Gasteiger partial charge in [0.2, 0.25) is 0 Å². The van der Waals surface area contributed by atoms with E-state index in [9.17, 15) is 0 Å². The predicted octanol–water partition coefficient (Wildman–Crippen LogP) is -0.288. The third-order valence-corrected chi connectivity index (χ3v) is 1.84. The zero-order chi connectivity index (χ0) is 7.40. The maximum absolute atomic E-state index is 5.78. The van der Waals surface area contributed by atoms with E-state index >= 15 is 0 Å². The van der Waals surface area contributed by atoms with E-state index in [4.69, 9.17) is 10.5 Å². The Morgan fingerprint density at radius 3 is 3.10 bits per heavy atom. The standard InChI is InChI=1S/C7H16N2O/c1-2-10-7-3-4-9-5-6(7)8/h6-7,9H,2-5,8H2,1H3.